The van der Waals surface area contributed by atoms with Gasteiger partial charge in [0.05, 0.1) is 12.2 Å². The Hall–Kier alpha value is -0.420. The van der Waals surface area contributed by atoms with Gasteiger partial charge in [-0.2, -0.15) is 0 Å². The molecule has 0 radical (unpaired) electrons. The van der Waals surface area contributed by atoms with Crippen molar-refractivity contribution in [2.24, 2.45) is 0 Å². The molecular weight excluding hydrogens is 282 g/mol. The smallest absolute Gasteiger partial charge is 0.0914 e. The molecule has 1 aliphatic heterocycles. The van der Waals surface area contributed by atoms with Crippen LogP contribution in [0.2, 0.25) is 0 Å². The van der Waals surface area contributed by atoms with Crippen molar-refractivity contribution in [1.29, 1.82) is 0 Å². The van der Waals surface area contributed by atoms with Crippen LogP contribution in [0.5, 0.6) is 0 Å². The van der Waals surface area contributed by atoms with Crippen LogP contribution >= 0.6 is 15.9 Å². The maximum atomic E-state index is 9.97. The highest BCUT2D eigenvalue weighted by Gasteiger charge is 2.15. The lowest BCUT2D eigenvalue weighted by Crippen LogP contribution is -2.29. The standard InChI is InChI=1S/C13H18BrNO2/c14-11-5-3-10(4-6-11)13(16)9-15-8-12-2-1-7-17-12/h3-6,12-13,15-16H,1-2,7-9H2. The summed E-state index contributed by atoms with van der Waals surface area (Å²) in [5, 5.41) is 13.2. The highest BCUT2D eigenvalue weighted by Crippen LogP contribution is 2.16. The molecule has 1 heterocycles. The first-order chi connectivity index (χ1) is 8.25. The van der Waals surface area contributed by atoms with Crippen LogP contribution in [0.1, 0.15) is 24.5 Å². The van der Waals surface area contributed by atoms with Crippen LogP contribution in [0.3, 0.4) is 0 Å². The van der Waals surface area contributed by atoms with Crippen molar-refractivity contribution in [2.45, 2.75) is 25.0 Å². The first-order valence-electron chi connectivity index (χ1n) is 6.01. The zero-order valence-electron chi connectivity index (χ0n) is 9.73. The minimum Gasteiger partial charge on any atom is -0.387 e. The van der Waals surface area contributed by atoms with Gasteiger partial charge in [0.15, 0.2) is 0 Å². The number of hydrogen-bond acceptors (Lipinski definition) is 3. The number of hydrogen-bond donors (Lipinski definition) is 2. The Labute approximate surface area is 110 Å². The Bertz CT molecular complexity index is 336. The summed E-state index contributed by atoms with van der Waals surface area (Å²) < 4.78 is 6.53. The molecule has 1 aromatic carbocycles. The van der Waals surface area contributed by atoms with Crippen LogP contribution in [0, 0.1) is 0 Å². The molecule has 0 saturated carbocycles. The Balaban J connectivity index is 1.72. The van der Waals surface area contributed by atoms with Crippen LogP contribution in [0.4, 0.5) is 0 Å². The molecule has 3 nitrogen and oxygen atoms in total. The SMILES string of the molecule is OC(CNCC1CCCO1)c1ccc(Br)cc1. The van der Waals surface area contributed by atoms with E-state index in [1.54, 1.807) is 0 Å². The quantitative estimate of drug-likeness (QED) is 0.876. The molecule has 4 heteroatoms. The topological polar surface area (TPSA) is 41.5 Å². The Morgan fingerprint density at radius 1 is 1.41 bits per heavy atom. The van der Waals surface area contributed by atoms with E-state index in [2.05, 4.69) is 21.2 Å². The van der Waals surface area contributed by atoms with Gasteiger partial charge in [0.1, 0.15) is 0 Å². The van der Waals surface area contributed by atoms with Gasteiger partial charge >= 0.3 is 0 Å². The van der Waals surface area contributed by atoms with E-state index in [0.717, 1.165) is 36.0 Å². The van der Waals surface area contributed by atoms with Crippen LogP contribution in [0.25, 0.3) is 0 Å². The number of rotatable bonds is 5. The van der Waals surface area contributed by atoms with Crippen molar-refractivity contribution in [3.8, 4) is 0 Å². The molecule has 2 N–H and O–H groups in total. The summed E-state index contributed by atoms with van der Waals surface area (Å²) in [5.74, 6) is 0. The molecule has 2 unspecified atom stereocenters. The zero-order chi connectivity index (χ0) is 12.1. The normalized spacial score (nSPS) is 21.6. The van der Waals surface area contributed by atoms with E-state index in [4.69, 9.17) is 4.74 Å². The monoisotopic (exact) mass is 299 g/mol. The molecular formula is C13H18BrNO2. The van der Waals surface area contributed by atoms with Crippen molar-refractivity contribution < 1.29 is 9.84 Å². The van der Waals surface area contributed by atoms with Crippen LogP contribution < -0.4 is 5.32 Å². The van der Waals surface area contributed by atoms with E-state index in [1.165, 1.54) is 0 Å². The van der Waals surface area contributed by atoms with Gasteiger partial charge in [-0.15, -0.1) is 0 Å². The summed E-state index contributed by atoms with van der Waals surface area (Å²) in [7, 11) is 0. The van der Waals surface area contributed by atoms with Crippen molar-refractivity contribution >= 4 is 15.9 Å². The number of halogens is 1. The van der Waals surface area contributed by atoms with Gasteiger partial charge in [-0.1, -0.05) is 28.1 Å². The highest BCUT2D eigenvalue weighted by molar-refractivity contribution is 9.10. The minimum atomic E-state index is -0.454. The molecule has 0 spiro atoms. The molecule has 0 amide bonds. The predicted octanol–water partition coefficient (Wildman–Crippen LogP) is 2.25. The fraction of sp³-hybridized carbons (Fsp3) is 0.538. The Morgan fingerprint density at radius 2 is 2.18 bits per heavy atom. The molecule has 1 aromatic rings. The third kappa shape index (κ3) is 4.07. The first-order valence-corrected chi connectivity index (χ1v) is 6.81. The summed E-state index contributed by atoms with van der Waals surface area (Å²) in [6.07, 6.45) is 2.15. The zero-order valence-corrected chi connectivity index (χ0v) is 11.3. The summed E-state index contributed by atoms with van der Waals surface area (Å²) in [6, 6.07) is 7.75. The summed E-state index contributed by atoms with van der Waals surface area (Å²) in [4.78, 5) is 0. The number of aliphatic hydroxyl groups excluding tert-OH is 1. The van der Waals surface area contributed by atoms with Gasteiger partial charge in [0.25, 0.3) is 0 Å². The Kier molecular flexibility index (Phi) is 4.98. The van der Waals surface area contributed by atoms with Crippen molar-refractivity contribution in [3.05, 3.63) is 34.3 Å². The third-order valence-electron chi connectivity index (χ3n) is 2.99. The molecule has 1 saturated heterocycles. The molecule has 2 rings (SSSR count). The summed E-state index contributed by atoms with van der Waals surface area (Å²) >= 11 is 3.38. The van der Waals surface area contributed by atoms with Crippen LogP contribution in [-0.2, 0) is 4.74 Å². The lowest BCUT2D eigenvalue weighted by atomic mass is 10.1. The average Bonchev–Trinajstić information content (AvgIpc) is 2.83. The lowest BCUT2D eigenvalue weighted by molar-refractivity contribution is 0.103. The second-order valence-corrected chi connectivity index (χ2v) is 5.28. The summed E-state index contributed by atoms with van der Waals surface area (Å²) in [6.45, 7) is 2.27. The largest absolute Gasteiger partial charge is 0.387 e. The van der Waals surface area contributed by atoms with Gasteiger partial charge in [-0.05, 0) is 30.5 Å². The Morgan fingerprint density at radius 3 is 2.82 bits per heavy atom. The predicted molar refractivity (Wildman–Crippen MR) is 70.9 cm³/mol. The van der Waals surface area contributed by atoms with Gasteiger partial charge in [0.2, 0.25) is 0 Å². The number of aliphatic hydroxyl groups is 1. The average molecular weight is 300 g/mol. The molecule has 2 atom stereocenters. The molecule has 0 bridgehead atoms. The van der Waals surface area contributed by atoms with E-state index >= 15 is 0 Å². The van der Waals surface area contributed by atoms with E-state index in [0.29, 0.717) is 12.6 Å². The van der Waals surface area contributed by atoms with Crippen LogP contribution in [-0.4, -0.2) is 30.9 Å². The second kappa shape index (κ2) is 6.50. The van der Waals surface area contributed by atoms with Crippen molar-refractivity contribution in [1.82, 2.24) is 5.32 Å². The lowest BCUT2D eigenvalue weighted by Gasteiger charge is -2.14. The summed E-state index contributed by atoms with van der Waals surface area (Å²) in [5.41, 5.74) is 0.938. The molecule has 0 aromatic heterocycles. The van der Waals surface area contributed by atoms with Gasteiger partial charge in [-0.25, -0.2) is 0 Å². The van der Waals surface area contributed by atoms with E-state index in [-0.39, 0.29) is 0 Å². The molecule has 0 aliphatic carbocycles. The van der Waals surface area contributed by atoms with Gasteiger partial charge < -0.3 is 15.2 Å². The molecule has 17 heavy (non-hydrogen) atoms. The molecule has 1 aliphatic rings. The maximum Gasteiger partial charge on any atom is 0.0914 e. The third-order valence-corrected chi connectivity index (χ3v) is 3.52. The van der Waals surface area contributed by atoms with Gasteiger partial charge in [0, 0.05) is 24.2 Å². The molecule has 94 valence electrons. The number of nitrogens with one attached hydrogen (secondary N) is 1. The fourth-order valence-corrected chi connectivity index (χ4v) is 2.25. The fourth-order valence-electron chi connectivity index (χ4n) is 1.99. The highest BCUT2D eigenvalue weighted by atomic mass is 79.9. The van der Waals surface area contributed by atoms with Crippen molar-refractivity contribution in [3.63, 3.8) is 0 Å². The van der Waals surface area contributed by atoms with Gasteiger partial charge in [-0.3, -0.25) is 0 Å². The number of ether oxygens (including phenoxy) is 1. The molecule has 1 fully saturated rings. The second-order valence-electron chi connectivity index (χ2n) is 4.36. The maximum absolute atomic E-state index is 9.97. The van der Waals surface area contributed by atoms with E-state index in [9.17, 15) is 5.11 Å². The van der Waals surface area contributed by atoms with Crippen LogP contribution in [0.15, 0.2) is 28.7 Å². The number of benzene rings is 1. The first kappa shape index (κ1) is 13.0. The minimum absolute atomic E-state index is 0.326. The van der Waals surface area contributed by atoms with E-state index in [1.807, 2.05) is 24.3 Å². The van der Waals surface area contributed by atoms with Crippen molar-refractivity contribution in [2.75, 3.05) is 19.7 Å². The van der Waals surface area contributed by atoms with E-state index < -0.39 is 6.10 Å².